The second-order valence-electron chi connectivity index (χ2n) is 8.84. The predicted molar refractivity (Wildman–Crippen MR) is 131 cm³/mol. The van der Waals surface area contributed by atoms with Gasteiger partial charge in [-0.15, -0.1) is 11.3 Å². The molecule has 3 aromatic rings. The fourth-order valence-corrected chi connectivity index (χ4v) is 6.22. The minimum atomic E-state index is -0.503. The molecule has 2 fully saturated rings. The highest BCUT2D eigenvalue weighted by Crippen LogP contribution is 2.32. The lowest BCUT2D eigenvalue weighted by Gasteiger charge is -2.38. The van der Waals surface area contributed by atoms with Gasteiger partial charge < -0.3 is 10.0 Å². The molecule has 5 nitrogen and oxygen atoms in total. The first-order valence-corrected chi connectivity index (χ1v) is 12.4. The van der Waals surface area contributed by atoms with Crippen molar-refractivity contribution in [3.8, 4) is 0 Å². The number of carbonyl (C=O) groups is 1. The van der Waals surface area contributed by atoms with Crippen molar-refractivity contribution < 1.29 is 9.90 Å². The van der Waals surface area contributed by atoms with Crippen LogP contribution in [0.2, 0.25) is 5.02 Å². The van der Waals surface area contributed by atoms with E-state index in [9.17, 15) is 9.90 Å². The number of fused-ring (bicyclic) bond motifs is 1. The molecule has 1 aromatic heterocycles. The number of β-amino-alcohol motifs (C(OH)–C–C–N with tert-alkyl or cyclic N) is 1. The lowest BCUT2D eigenvalue weighted by atomic mass is 10.1. The summed E-state index contributed by atoms with van der Waals surface area (Å²) in [5, 5.41) is 12.7. The Labute approximate surface area is 197 Å². The SMILES string of the molecule is Cc1c(C(=O)N2CC(O)C(N3CCN(Cc4ccc(Cl)cc4)CC3)C2)sc2ccccc12. The van der Waals surface area contributed by atoms with Crippen LogP contribution in [0.25, 0.3) is 10.1 Å². The highest BCUT2D eigenvalue weighted by Gasteiger charge is 2.39. The highest BCUT2D eigenvalue weighted by atomic mass is 35.5. The quantitative estimate of drug-likeness (QED) is 0.630. The number of aliphatic hydroxyl groups is 1. The van der Waals surface area contributed by atoms with Crippen molar-refractivity contribution >= 4 is 38.9 Å². The molecule has 1 N–H and O–H groups in total. The third kappa shape index (κ3) is 4.30. The Morgan fingerprint density at radius 1 is 1.06 bits per heavy atom. The van der Waals surface area contributed by atoms with Crippen LogP contribution in [0.1, 0.15) is 20.8 Å². The van der Waals surface area contributed by atoms with Gasteiger partial charge in [0.2, 0.25) is 0 Å². The van der Waals surface area contributed by atoms with Crippen LogP contribution in [0.4, 0.5) is 0 Å². The van der Waals surface area contributed by atoms with Gasteiger partial charge in [0.05, 0.1) is 17.0 Å². The van der Waals surface area contributed by atoms with Gasteiger partial charge in [-0.2, -0.15) is 0 Å². The van der Waals surface area contributed by atoms with Crippen molar-refractivity contribution in [2.75, 3.05) is 39.3 Å². The Morgan fingerprint density at radius 3 is 2.50 bits per heavy atom. The van der Waals surface area contributed by atoms with Gasteiger partial charge in [-0.25, -0.2) is 0 Å². The number of aliphatic hydroxyl groups excluding tert-OH is 1. The van der Waals surface area contributed by atoms with Crippen LogP contribution in [0.15, 0.2) is 48.5 Å². The smallest absolute Gasteiger partial charge is 0.264 e. The topological polar surface area (TPSA) is 47.0 Å². The van der Waals surface area contributed by atoms with Crippen LogP contribution in [-0.2, 0) is 6.54 Å². The van der Waals surface area contributed by atoms with E-state index in [-0.39, 0.29) is 11.9 Å². The number of rotatable bonds is 4. The highest BCUT2D eigenvalue weighted by molar-refractivity contribution is 7.21. The summed E-state index contributed by atoms with van der Waals surface area (Å²) in [5.41, 5.74) is 2.31. The Balaban J connectivity index is 1.20. The summed E-state index contributed by atoms with van der Waals surface area (Å²) in [4.78, 5) is 20.7. The maximum absolute atomic E-state index is 13.3. The van der Waals surface area contributed by atoms with Crippen molar-refractivity contribution in [1.82, 2.24) is 14.7 Å². The zero-order valence-electron chi connectivity index (χ0n) is 18.2. The molecule has 1 amide bonds. The van der Waals surface area contributed by atoms with E-state index in [1.807, 2.05) is 36.1 Å². The van der Waals surface area contributed by atoms with Crippen LogP contribution < -0.4 is 0 Å². The summed E-state index contributed by atoms with van der Waals surface area (Å²) in [6.45, 7) is 7.64. The molecular formula is C25H28ClN3O2S. The lowest BCUT2D eigenvalue weighted by molar-refractivity contribution is 0.0423. The van der Waals surface area contributed by atoms with Gasteiger partial charge in [-0.05, 0) is 41.6 Å². The number of aryl methyl sites for hydroxylation is 1. The van der Waals surface area contributed by atoms with E-state index in [4.69, 9.17) is 11.6 Å². The van der Waals surface area contributed by atoms with Crippen LogP contribution in [0.5, 0.6) is 0 Å². The van der Waals surface area contributed by atoms with Crippen LogP contribution in [0, 0.1) is 6.92 Å². The van der Waals surface area contributed by atoms with Gasteiger partial charge in [0.15, 0.2) is 0 Å². The zero-order chi connectivity index (χ0) is 22.2. The molecule has 5 rings (SSSR count). The van der Waals surface area contributed by atoms with Crippen molar-refractivity contribution in [3.63, 3.8) is 0 Å². The molecule has 2 aliphatic rings. The van der Waals surface area contributed by atoms with Gasteiger partial charge >= 0.3 is 0 Å². The summed E-state index contributed by atoms with van der Waals surface area (Å²) < 4.78 is 1.14. The van der Waals surface area contributed by atoms with Crippen LogP contribution >= 0.6 is 22.9 Å². The molecule has 3 heterocycles. The number of carbonyl (C=O) groups excluding carboxylic acids is 1. The third-order valence-corrected chi connectivity index (χ3v) is 8.29. The number of amides is 1. The molecule has 0 radical (unpaired) electrons. The largest absolute Gasteiger partial charge is 0.390 e. The summed E-state index contributed by atoms with van der Waals surface area (Å²) in [5.74, 6) is 0.0478. The minimum Gasteiger partial charge on any atom is -0.390 e. The zero-order valence-corrected chi connectivity index (χ0v) is 19.8. The molecule has 2 saturated heterocycles. The van der Waals surface area contributed by atoms with Crippen LogP contribution in [-0.4, -0.2) is 77.1 Å². The van der Waals surface area contributed by atoms with Gasteiger partial charge in [0.25, 0.3) is 5.91 Å². The number of benzene rings is 2. The molecule has 0 spiro atoms. The Kier molecular flexibility index (Phi) is 6.23. The summed E-state index contributed by atoms with van der Waals surface area (Å²) in [6, 6.07) is 16.2. The number of likely N-dealkylation sites (tertiary alicyclic amines) is 1. The number of hydrogen-bond donors (Lipinski definition) is 1. The molecule has 2 aromatic carbocycles. The molecule has 0 aliphatic carbocycles. The fraction of sp³-hybridized carbons (Fsp3) is 0.400. The summed E-state index contributed by atoms with van der Waals surface area (Å²) in [7, 11) is 0. The Morgan fingerprint density at radius 2 is 1.78 bits per heavy atom. The van der Waals surface area contributed by atoms with E-state index in [0.29, 0.717) is 13.1 Å². The second kappa shape index (κ2) is 9.12. The van der Waals surface area contributed by atoms with Crippen molar-refractivity contribution in [1.29, 1.82) is 0 Å². The summed E-state index contributed by atoms with van der Waals surface area (Å²) in [6.07, 6.45) is -0.503. The van der Waals surface area contributed by atoms with Crippen molar-refractivity contribution in [3.05, 3.63) is 69.6 Å². The van der Waals surface area contributed by atoms with Gasteiger partial charge in [0, 0.05) is 55.5 Å². The average molecular weight is 470 g/mol. The second-order valence-corrected chi connectivity index (χ2v) is 10.3. The number of thiophene rings is 1. The first-order valence-electron chi connectivity index (χ1n) is 11.2. The van der Waals surface area contributed by atoms with Gasteiger partial charge in [-0.3, -0.25) is 14.6 Å². The number of nitrogens with zero attached hydrogens (tertiary/aromatic N) is 3. The van der Waals surface area contributed by atoms with E-state index in [2.05, 4.69) is 34.1 Å². The Bertz CT molecular complexity index is 1110. The normalized spacial score (nSPS) is 22.7. The molecule has 2 atom stereocenters. The monoisotopic (exact) mass is 469 g/mol. The third-order valence-electron chi connectivity index (χ3n) is 6.78. The average Bonchev–Trinajstić information content (AvgIpc) is 3.36. The van der Waals surface area contributed by atoms with E-state index in [1.165, 1.54) is 5.56 Å². The Hall–Kier alpha value is -1.96. The first-order chi connectivity index (χ1) is 15.5. The summed E-state index contributed by atoms with van der Waals surface area (Å²) >= 11 is 7.55. The van der Waals surface area contributed by atoms with E-state index >= 15 is 0 Å². The lowest BCUT2D eigenvalue weighted by Crippen LogP contribution is -2.53. The van der Waals surface area contributed by atoms with Gasteiger partial charge in [0.1, 0.15) is 0 Å². The molecule has 0 bridgehead atoms. The first kappa shape index (κ1) is 21.9. The number of hydrogen-bond acceptors (Lipinski definition) is 5. The van der Waals surface area contributed by atoms with E-state index < -0.39 is 6.10 Å². The maximum atomic E-state index is 13.3. The van der Waals surface area contributed by atoms with E-state index in [1.54, 1.807) is 11.3 Å². The van der Waals surface area contributed by atoms with Crippen molar-refractivity contribution in [2.45, 2.75) is 25.6 Å². The minimum absolute atomic E-state index is 0.00585. The van der Waals surface area contributed by atoms with Crippen molar-refractivity contribution in [2.24, 2.45) is 0 Å². The maximum Gasteiger partial charge on any atom is 0.264 e. The predicted octanol–water partition coefficient (Wildman–Crippen LogP) is 3.87. The van der Waals surface area contributed by atoms with Gasteiger partial charge in [-0.1, -0.05) is 41.9 Å². The number of piperazine rings is 1. The molecule has 2 unspecified atom stereocenters. The molecule has 32 heavy (non-hydrogen) atoms. The van der Waals surface area contributed by atoms with E-state index in [0.717, 1.165) is 58.3 Å². The molecular weight excluding hydrogens is 442 g/mol. The molecule has 7 heteroatoms. The number of halogens is 1. The fourth-order valence-electron chi connectivity index (χ4n) is 4.92. The molecule has 168 valence electrons. The standard InChI is InChI=1S/C25H28ClN3O2S/c1-17-20-4-2-3-5-23(20)32-24(17)25(31)29-15-21(22(30)16-29)28-12-10-27(11-13-28)14-18-6-8-19(26)9-7-18/h2-9,21-22,30H,10-16H2,1H3. The van der Waals surface area contributed by atoms with Crippen LogP contribution in [0.3, 0.4) is 0 Å². The molecule has 0 saturated carbocycles. The molecule has 2 aliphatic heterocycles.